The molecule has 94 valence electrons. The van der Waals surface area contributed by atoms with Gasteiger partial charge < -0.3 is 14.6 Å². The molecule has 0 aromatic carbocycles. The van der Waals surface area contributed by atoms with Crippen LogP contribution in [-0.2, 0) is 17.8 Å². The highest BCUT2D eigenvalue weighted by atomic mass is 16.5. The van der Waals surface area contributed by atoms with Crippen LogP contribution >= 0.6 is 0 Å². The van der Waals surface area contributed by atoms with E-state index in [1.54, 1.807) is 0 Å². The maximum Gasteiger partial charge on any atom is 0.162 e. The first-order valence-electron chi connectivity index (χ1n) is 6.27. The molecule has 2 aliphatic rings. The van der Waals surface area contributed by atoms with Crippen LogP contribution in [0.2, 0.25) is 0 Å². The minimum Gasteiger partial charge on any atom is -0.369 e. The number of likely N-dealkylation sites (N-methyl/N-ethyl adjacent to an activating group) is 1. The zero-order valence-electron chi connectivity index (χ0n) is 10.2. The number of ether oxygens (including phenoxy) is 1. The largest absolute Gasteiger partial charge is 0.369 e. The van der Waals surface area contributed by atoms with Gasteiger partial charge in [-0.25, -0.2) is 0 Å². The van der Waals surface area contributed by atoms with Gasteiger partial charge in [0.15, 0.2) is 5.82 Å². The lowest BCUT2D eigenvalue weighted by Gasteiger charge is -2.25. The van der Waals surface area contributed by atoms with E-state index in [9.17, 15) is 0 Å². The van der Waals surface area contributed by atoms with Gasteiger partial charge in [0.25, 0.3) is 0 Å². The number of aromatic nitrogens is 3. The highest BCUT2D eigenvalue weighted by Gasteiger charge is 2.25. The lowest BCUT2D eigenvalue weighted by Crippen LogP contribution is -2.31. The molecule has 0 spiro atoms. The van der Waals surface area contributed by atoms with Crippen molar-refractivity contribution in [2.45, 2.75) is 25.6 Å². The van der Waals surface area contributed by atoms with Gasteiger partial charge in [-0.2, -0.15) is 0 Å². The molecule has 1 aromatic heterocycles. The summed E-state index contributed by atoms with van der Waals surface area (Å²) in [6, 6.07) is 0. The van der Waals surface area contributed by atoms with Crippen LogP contribution in [0.15, 0.2) is 0 Å². The summed E-state index contributed by atoms with van der Waals surface area (Å²) >= 11 is 0. The molecule has 1 saturated heterocycles. The zero-order valence-corrected chi connectivity index (χ0v) is 10.2. The van der Waals surface area contributed by atoms with Crippen LogP contribution in [0.3, 0.4) is 0 Å². The molecule has 6 heteroatoms. The lowest BCUT2D eigenvalue weighted by atomic mass is 10.2. The van der Waals surface area contributed by atoms with Gasteiger partial charge in [-0.3, -0.25) is 4.90 Å². The normalized spacial score (nSPS) is 26.5. The molecule has 0 saturated carbocycles. The molecule has 0 bridgehead atoms. The molecule has 0 radical (unpaired) electrons. The number of hydrogen-bond donors (Lipinski definition) is 1. The van der Waals surface area contributed by atoms with Crippen molar-refractivity contribution in [1.82, 2.24) is 25.0 Å². The van der Waals surface area contributed by atoms with E-state index >= 15 is 0 Å². The van der Waals surface area contributed by atoms with Crippen LogP contribution < -0.4 is 5.32 Å². The molecular weight excluding hydrogens is 218 g/mol. The van der Waals surface area contributed by atoms with Crippen molar-refractivity contribution in [2.24, 2.45) is 0 Å². The van der Waals surface area contributed by atoms with Crippen LogP contribution in [0.4, 0.5) is 0 Å². The van der Waals surface area contributed by atoms with Crippen molar-refractivity contribution in [1.29, 1.82) is 0 Å². The number of hydrogen-bond acceptors (Lipinski definition) is 5. The Labute approximate surface area is 101 Å². The molecule has 1 atom stereocenters. The first-order chi connectivity index (χ1) is 8.34. The fourth-order valence-electron chi connectivity index (χ4n) is 2.46. The number of fused-ring (bicyclic) bond motifs is 1. The fraction of sp³-hybridized carbons (Fsp3) is 0.818. The summed E-state index contributed by atoms with van der Waals surface area (Å²) < 4.78 is 8.07. The molecule has 1 N–H and O–H groups in total. The second-order valence-electron chi connectivity index (χ2n) is 4.76. The summed E-state index contributed by atoms with van der Waals surface area (Å²) in [5.41, 5.74) is 0. The molecule has 3 rings (SSSR count). The van der Waals surface area contributed by atoms with Crippen LogP contribution in [-0.4, -0.2) is 53.0 Å². The second-order valence-corrected chi connectivity index (χ2v) is 4.76. The van der Waals surface area contributed by atoms with Crippen molar-refractivity contribution >= 4 is 0 Å². The van der Waals surface area contributed by atoms with E-state index in [0.29, 0.717) is 0 Å². The summed E-state index contributed by atoms with van der Waals surface area (Å²) in [6.45, 7) is 5.60. The molecule has 3 heterocycles. The first kappa shape index (κ1) is 11.1. The number of nitrogens with zero attached hydrogens (tertiary/aromatic N) is 4. The van der Waals surface area contributed by atoms with Gasteiger partial charge in [0.05, 0.1) is 13.2 Å². The second kappa shape index (κ2) is 4.72. The highest BCUT2D eigenvalue weighted by molar-refractivity contribution is 5.02. The van der Waals surface area contributed by atoms with Crippen LogP contribution in [0.25, 0.3) is 0 Å². The van der Waals surface area contributed by atoms with E-state index in [0.717, 1.165) is 57.4 Å². The molecule has 17 heavy (non-hydrogen) atoms. The quantitative estimate of drug-likeness (QED) is 0.731. The van der Waals surface area contributed by atoms with Crippen molar-refractivity contribution in [2.75, 3.05) is 33.3 Å². The Kier molecular flexibility index (Phi) is 3.09. The lowest BCUT2D eigenvalue weighted by molar-refractivity contribution is 0.0539. The maximum atomic E-state index is 5.84. The molecule has 6 nitrogen and oxygen atoms in total. The average molecular weight is 237 g/mol. The fourth-order valence-corrected chi connectivity index (χ4v) is 2.46. The van der Waals surface area contributed by atoms with Crippen molar-refractivity contribution < 1.29 is 4.74 Å². The topological polar surface area (TPSA) is 55.2 Å². The van der Waals surface area contributed by atoms with Gasteiger partial charge in [-0.05, 0) is 20.0 Å². The van der Waals surface area contributed by atoms with Crippen LogP contribution in [0.5, 0.6) is 0 Å². The SMILES string of the molecule is CN1CCn2c(nnc2C2CCNCCO2)C1. The Balaban J connectivity index is 1.83. The van der Waals surface area contributed by atoms with Crippen LogP contribution in [0.1, 0.15) is 24.2 Å². The van der Waals surface area contributed by atoms with E-state index < -0.39 is 0 Å². The van der Waals surface area contributed by atoms with Crippen LogP contribution in [0, 0.1) is 0 Å². The van der Waals surface area contributed by atoms with E-state index in [1.807, 2.05) is 0 Å². The van der Waals surface area contributed by atoms with Gasteiger partial charge in [0.1, 0.15) is 11.9 Å². The Bertz CT molecular complexity index is 383. The zero-order chi connectivity index (χ0) is 11.7. The Morgan fingerprint density at radius 1 is 1.29 bits per heavy atom. The minimum atomic E-state index is 0.106. The van der Waals surface area contributed by atoms with Gasteiger partial charge >= 0.3 is 0 Å². The number of nitrogens with one attached hydrogen (secondary N) is 1. The third kappa shape index (κ3) is 2.20. The molecule has 0 aliphatic carbocycles. The standard InChI is InChI=1S/C11H19N5O/c1-15-5-6-16-10(8-15)13-14-11(16)9-2-3-12-4-7-17-9/h9,12H,2-8H2,1H3. The summed E-state index contributed by atoms with van der Waals surface area (Å²) in [5.74, 6) is 2.08. The van der Waals surface area contributed by atoms with Crippen molar-refractivity contribution in [3.63, 3.8) is 0 Å². The molecule has 1 unspecified atom stereocenters. The molecule has 1 fully saturated rings. The number of rotatable bonds is 1. The average Bonchev–Trinajstić information content (AvgIpc) is 2.57. The molecule has 2 aliphatic heterocycles. The summed E-state index contributed by atoms with van der Waals surface area (Å²) in [7, 11) is 2.12. The first-order valence-corrected chi connectivity index (χ1v) is 6.27. The summed E-state index contributed by atoms with van der Waals surface area (Å²) in [6.07, 6.45) is 1.09. The smallest absolute Gasteiger partial charge is 0.162 e. The van der Waals surface area contributed by atoms with Crippen molar-refractivity contribution in [3.8, 4) is 0 Å². The van der Waals surface area contributed by atoms with E-state index in [-0.39, 0.29) is 6.10 Å². The Hall–Kier alpha value is -0.980. The third-order valence-electron chi connectivity index (χ3n) is 3.44. The maximum absolute atomic E-state index is 5.84. The minimum absolute atomic E-state index is 0.106. The third-order valence-corrected chi connectivity index (χ3v) is 3.44. The molecule has 0 amide bonds. The van der Waals surface area contributed by atoms with Gasteiger partial charge in [-0.15, -0.1) is 10.2 Å². The predicted octanol–water partition coefficient (Wildman–Crippen LogP) is -0.225. The highest BCUT2D eigenvalue weighted by Crippen LogP contribution is 2.23. The summed E-state index contributed by atoms with van der Waals surface area (Å²) in [4.78, 5) is 2.27. The van der Waals surface area contributed by atoms with Gasteiger partial charge in [-0.1, -0.05) is 0 Å². The summed E-state index contributed by atoms with van der Waals surface area (Å²) in [5, 5.41) is 12.0. The van der Waals surface area contributed by atoms with Gasteiger partial charge in [0, 0.05) is 19.6 Å². The monoisotopic (exact) mass is 237 g/mol. The van der Waals surface area contributed by atoms with Crippen molar-refractivity contribution in [3.05, 3.63) is 11.6 Å². The van der Waals surface area contributed by atoms with E-state index in [4.69, 9.17) is 4.74 Å². The predicted molar refractivity (Wildman–Crippen MR) is 62.5 cm³/mol. The van der Waals surface area contributed by atoms with Gasteiger partial charge in [0.2, 0.25) is 0 Å². The van der Waals surface area contributed by atoms with E-state index in [1.165, 1.54) is 0 Å². The molecular formula is C11H19N5O. The Morgan fingerprint density at radius 2 is 2.24 bits per heavy atom. The molecule has 1 aromatic rings. The van der Waals surface area contributed by atoms with E-state index in [2.05, 4.69) is 32.0 Å². The Morgan fingerprint density at radius 3 is 3.18 bits per heavy atom.